The maximum absolute atomic E-state index is 6.36. The van der Waals surface area contributed by atoms with Crippen LogP contribution in [-0.2, 0) is 25.7 Å². The van der Waals surface area contributed by atoms with Crippen LogP contribution in [0.2, 0.25) is 0 Å². The zero-order valence-electron chi connectivity index (χ0n) is 39.6. The Morgan fingerprint density at radius 1 is 0.353 bits per heavy atom. The van der Waals surface area contributed by atoms with E-state index < -0.39 is 0 Å². The molecule has 12 heteroatoms. The van der Waals surface area contributed by atoms with Crippen molar-refractivity contribution in [3.63, 3.8) is 0 Å². The zero-order valence-corrected chi connectivity index (χ0v) is 39.6. The summed E-state index contributed by atoms with van der Waals surface area (Å²) in [6.45, 7) is 29.3. The fourth-order valence-electron chi connectivity index (χ4n) is 9.89. The third-order valence-corrected chi connectivity index (χ3v) is 13.3. The van der Waals surface area contributed by atoms with Gasteiger partial charge in [0, 0.05) is 101 Å². The highest BCUT2D eigenvalue weighted by atomic mass is 16.6. The molecule has 4 aromatic rings. The maximum Gasteiger partial charge on any atom is 0.165 e. The second-order valence-electron chi connectivity index (χ2n) is 18.4. The van der Waals surface area contributed by atoms with E-state index in [4.69, 9.17) is 37.9 Å². The number of piperazine rings is 2. The summed E-state index contributed by atoms with van der Waals surface area (Å²) in [4.78, 5) is 9.89. The molecular weight excluding hydrogens is 857 g/mol. The molecule has 2 saturated heterocycles. The van der Waals surface area contributed by atoms with Gasteiger partial charge in [0.2, 0.25) is 0 Å². The number of para-hydroxylation sites is 4. The number of hydrogen-bond donors (Lipinski definition) is 0. The first-order chi connectivity index (χ1) is 33.5. The van der Waals surface area contributed by atoms with Crippen molar-refractivity contribution in [2.45, 2.75) is 50.1 Å². The van der Waals surface area contributed by atoms with Crippen LogP contribution in [0.15, 0.2) is 123 Å². The molecule has 0 bridgehead atoms. The Balaban J connectivity index is 0.000000170. The molecule has 0 aromatic heterocycles. The van der Waals surface area contributed by atoms with Gasteiger partial charge in [-0.2, -0.15) is 0 Å². The molecule has 6 aliphatic rings. The summed E-state index contributed by atoms with van der Waals surface area (Å²) in [5.41, 5.74) is 4.53. The molecule has 0 spiro atoms. The Kier molecular flexibility index (Phi) is 15.9. The molecule has 0 aliphatic carbocycles. The second kappa shape index (κ2) is 22.9. The lowest BCUT2D eigenvalue weighted by Crippen LogP contribution is -2.53. The summed E-state index contributed by atoms with van der Waals surface area (Å²) >= 11 is 0. The number of fused-ring (bicyclic) bond motifs is 4. The standard InChI is InChI=1S/2C28H34N2O4/c1-3-7-21-9-5-11-25-27(21)31-19-23(33-25)17-29-13-15-30(16-14-29)18-24-20-32-28-22(8-4-2)10-6-12-26(28)34-24;1-3-7-21-9-5-11-25-27(21)33-23(19-31-25)17-29-13-15-30(16-14-29)18-24-20-32-26-12-6-10-22(8-4-2)28(26)34-24/h2*3-6,9-12,23-24H,1-2,7-8,13-20H2. The average molecular weight is 925 g/mol. The average Bonchev–Trinajstić information content (AvgIpc) is 3.36. The van der Waals surface area contributed by atoms with Crippen LogP contribution < -0.4 is 37.9 Å². The Labute approximate surface area is 402 Å². The third-order valence-electron chi connectivity index (χ3n) is 13.3. The minimum atomic E-state index is 0.0416. The molecule has 0 amide bonds. The molecule has 10 rings (SSSR count). The lowest BCUT2D eigenvalue weighted by Gasteiger charge is -2.39. The lowest BCUT2D eigenvalue weighted by atomic mass is 10.1. The van der Waals surface area contributed by atoms with E-state index in [1.807, 2.05) is 72.8 Å². The van der Waals surface area contributed by atoms with E-state index >= 15 is 0 Å². The first kappa shape index (κ1) is 47.2. The molecule has 0 saturated carbocycles. The smallest absolute Gasteiger partial charge is 0.165 e. The summed E-state index contributed by atoms with van der Waals surface area (Å²) in [6, 6.07) is 24.3. The van der Waals surface area contributed by atoms with E-state index in [0.717, 1.165) is 172 Å². The van der Waals surface area contributed by atoms with Crippen LogP contribution in [0.4, 0.5) is 0 Å². The van der Waals surface area contributed by atoms with Crippen LogP contribution in [0.5, 0.6) is 46.0 Å². The maximum atomic E-state index is 6.36. The molecule has 4 unspecified atom stereocenters. The van der Waals surface area contributed by atoms with Crippen molar-refractivity contribution in [3.8, 4) is 46.0 Å². The van der Waals surface area contributed by atoms with Crippen molar-refractivity contribution in [2.24, 2.45) is 0 Å². The Bertz CT molecular complexity index is 2190. The third kappa shape index (κ3) is 11.7. The topological polar surface area (TPSA) is 86.8 Å². The number of rotatable bonds is 16. The highest BCUT2D eigenvalue weighted by molar-refractivity contribution is 5.51. The monoisotopic (exact) mass is 925 g/mol. The van der Waals surface area contributed by atoms with Gasteiger partial charge in [0.25, 0.3) is 0 Å². The van der Waals surface area contributed by atoms with Crippen LogP contribution in [0.1, 0.15) is 22.3 Å². The van der Waals surface area contributed by atoms with Crippen LogP contribution in [0.3, 0.4) is 0 Å². The van der Waals surface area contributed by atoms with Crippen LogP contribution in [-0.4, -0.2) is 149 Å². The first-order valence-corrected chi connectivity index (χ1v) is 24.4. The van der Waals surface area contributed by atoms with E-state index in [0.29, 0.717) is 26.4 Å². The fraction of sp³-hybridized carbons (Fsp3) is 0.429. The van der Waals surface area contributed by atoms with E-state index in [-0.39, 0.29) is 24.4 Å². The summed E-state index contributed by atoms with van der Waals surface area (Å²) in [5, 5.41) is 0. The zero-order chi connectivity index (χ0) is 46.7. The van der Waals surface area contributed by atoms with Gasteiger partial charge in [0.15, 0.2) is 46.0 Å². The lowest BCUT2D eigenvalue weighted by molar-refractivity contribution is 0.0195. The molecule has 0 radical (unpaired) electrons. The molecular formula is C56H68N4O8. The van der Waals surface area contributed by atoms with Crippen molar-refractivity contribution in [3.05, 3.63) is 146 Å². The highest BCUT2D eigenvalue weighted by Gasteiger charge is 2.32. The predicted octanol–water partition coefficient (Wildman–Crippen LogP) is 7.48. The van der Waals surface area contributed by atoms with Gasteiger partial charge in [0.05, 0.1) is 0 Å². The van der Waals surface area contributed by atoms with Crippen molar-refractivity contribution in [1.82, 2.24) is 19.6 Å². The van der Waals surface area contributed by atoms with Gasteiger partial charge in [0.1, 0.15) is 50.8 Å². The molecule has 6 heterocycles. The Morgan fingerprint density at radius 3 is 0.956 bits per heavy atom. The molecule has 12 nitrogen and oxygen atoms in total. The molecule has 360 valence electrons. The largest absolute Gasteiger partial charge is 0.486 e. The minimum Gasteiger partial charge on any atom is -0.486 e. The minimum absolute atomic E-state index is 0.0416. The van der Waals surface area contributed by atoms with E-state index in [2.05, 4.69) is 70.2 Å². The van der Waals surface area contributed by atoms with Gasteiger partial charge in [-0.05, 0) is 49.9 Å². The first-order valence-electron chi connectivity index (χ1n) is 24.4. The van der Waals surface area contributed by atoms with Gasteiger partial charge < -0.3 is 37.9 Å². The van der Waals surface area contributed by atoms with Gasteiger partial charge in [-0.15, -0.1) is 26.3 Å². The summed E-state index contributed by atoms with van der Waals surface area (Å²) in [6.07, 6.45) is 10.9. The van der Waals surface area contributed by atoms with Crippen LogP contribution in [0.25, 0.3) is 0 Å². The molecule has 2 fully saturated rings. The predicted molar refractivity (Wildman–Crippen MR) is 267 cm³/mol. The van der Waals surface area contributed by atoms with E-state index in [1.165, 1.54) is 0 Å². The number of nitrogens with zero attached hydrogens (tertiary/aromatic N) is 4. The van der Waals surface area contributed by atoms with Gasteiger partial charge >= 0.3 is 0 Å². The molecule has 68 heavy (non-hydrogen) atoms. The molecule has 0 N–H and O–H groups in total. The summed E-state index contributed by atoms with van der Waals surface area (Å²) < 4.78 is 49.5. The van der Waals surface area contributed by atoms with Crippen molar-refractivity contribution >= 4 is 0 Å². The van der Waals surface area contributed by atoms with Gasteiger partial charge in [-0.25, -0.2) is 0 Å². The van der Waals surface area contributed by atoms with E-state index in [9.17, 15) is 0 Å². The van der Waals surface area contributed by atoms with Gasteiger partial charge in [-0.1, -0.05) is 72.8 Å². The summed E-state index contributed by atoms with van der Waals surface area (Å²) in [5.74, 6) is 6.87. The summed E-state index contributed by atoms with van der Waals surface area (Å²) in [7, 11) is 0. The van der Waals surface area contributed by atoms with Crippen molar-refractivity contribution in [1.29, 1.82) is 0 Å². The Morgan fingerprint density at radius 2 is 0.632 bits per heavy atom. The number of benzene rings is 4. The molecule has 4 atom stereocenters. The van der Waals surface area contributed by atoms with Crippen molar-refractivity contribution in [2.75, 3.05) is 105 Å². The van der Waals surface area contributed by atoms with E-state index in [1.54, 1.807) is 0 Å². The van der Waals surface area contributed by atoms with Crippen LogP contribution >= 0.6 is 0 Å². The number of ether oxygens (including phenoxy) is 8. The fourth-order valence-corrected chi connectivity index (χ4v) is 9.89. The number of allylic oxidation sites excluding steroid dienone is 4. The van der Waals surface area contributed by atoms with Crippen molar-refractivity contribution < 1.29 is 37.9 Å². The Hall–Kier alpha value is -5.92. The molecule has 6 aliphatic heterocycles. The van der Waals surface area contributed by atoms with Crippen LogP contribution in [0, 0.1) is 0 Å². The molecule has 4 aromatic carbocycles. The quantitative estimate of drug-likeness (QED) is 0.105. The highest BCUT2D eigenvalue weighted by Crippen LogP contribution is 2.39. The number of hydrogen-bond acceptors (Lipinski definition) is 12. The second-order valence-corrected chi connectivity index (χ2v) is 18.4. The van der Waals surface area contributed by atoms with Gasteiger partial charge in [-0.3, -0.25) is 19.6 Å². The normalized spacial score (nSPS) is 22.2. The SMILES string of the molecule is C=CCc1cccc2c1OC(CN1CCN(CC3COc4cccc(CC=C)c4O3)CC1)CO2.C=CCc1cccc2c1OCC(CN1CCN(CC3COc4c(CC=C)cccc4O3)CC1)O2.